The number of carbonyl (C=O) groups is 1. The van der Waals surface area contributed by atoms with Gasteiger partial charge in [-0.3, -0.25) is 4.79 Å². The number of anilines is 1. The summed E-state index contributed by atoms with van der Waals surface area (Å²) in [4.78, 5) is 11.9. The lowest BCUT2D eigenvalue weighted by Gasteiger charge is -2.06. The van der Waals surface area contributed by atoms with Crippen LogP contribution in [-0.4, -0.2) is 23.2 Å². The van der Waals surface area contributed by atoms with Crippen molar-refractivity contribution in [3.63, 3.8) is 0 Å². The van der Waals surface area contributed by atoms with Crippen molar-refractivity contribution in [2.75, 3.05) is 12.4 Å². The number of nitrogens with zero attached hydrogens (tertiary/aromatic N) is 2. The highest BCUT2D eigenvalue weighted by atomic mass is 19.2. The second-order valence-corrected chi connectivity index (χ2v) is 5.50. The van der Waals surface area contributed by atoms with Crippen molar-refractivity contribution in [3.05, 3.63) is 59.7 Å². The van der Waals surface area contributed by atoms with Crippen LogP contribution in [0.2, 0.25) is 0 Å². The third-order valence-corrected chi connectivity index (χ3v) is 3.68. The van der Waals surface area contributed by atoms with Crippen LogP contribution >= 0.6 is 0 Å². The van der Waals surface area contributed by atoms with Crippen molar-refractivity contribution in [3.8, 4) is 17.2 Å². The Morgan fingerprint density at radius 3 is 2.52 bits per heavy atom. The van der Waals surface area contributed by atoms with Gasteiger partial charge in [0.2, 0.25) is 17.7 Å². The van der Waals surface area contributed by atoms with Crippen molar-refractivity contribution < 1.29 is 27.1 Å². The summed E-state index contributed by atoms with van der Waals surface area (Å²) < 4.78 is 50.1. The first-order valence-corrected chi connectivity index (χ1v) is 7.88. The largest absolute Gasteiger partial charge is 0.497 e. The van der Waals surface area contributed by atoms with Crippen LogP contribution in [0.25, 0.3) is 11.5 Å². The van der Waals surface area contributed by atoms with E-state index < -0.39 is 29.0 Å². The maximum absolute atomic E-state index is 13.6. The predicted octanol–water partition coefficient (Wildman–Crippen LogP) is 3.73. The molecular weight excluding hydrogens is 363 g/mol. The van der Waals surface area contributed by atoms with Crippen LogP contribution in [0.5, 0.6) is 5.75 Å². The number of halogens is 3. The van der Waals surface area contributed by atoms with E-state index in [1.165, 1.54) is 0 Å². The zero-order valence-corrected chi connectivity index (χ0v) is 14.1. The summed E-state index contributed by atoms with van der Waals surface area (Å²) >= 11 is 0. The van der Waals surface area contributed by atoms with Gasteiger partial charge in [-0.2, -0.15) is 0 Å². The van der Waals surface area contributed by atoms with Crippen molar-refractivity contribution in [1.29, 1.82) is 0 Å². The van der Waals surface area contributed by atoms with Gasteiger partial charge in [-0.25, -0.2) is 13.2 Å². The Kier molecular flexibility index (Phi) is 5.39. The number of benzene rings is 2. The minimum Gasteiger partial charge on any atom is -0.497 e. The van der Waals surface area contributed by atoms with Crippen molar-refractivity contribution in [1.82, 2.24) is 10.2 Å². The predicted molar refractivity (Wildman–Crippen MR) is 89.6 cm³/mol. The number of hydrogen-bond acceptors (Lipinski definition) is 5. The van der Waals surface area contributed by atoms with E-state index in [9.17, 15) is 18.0 Å². The average molecular weight is 377 g/mol. The molecule has 1 amide bonds. The van der Waals surface area contributed by atoms with Crippen LogP contribution in [0.15, 0.2) is 40.8 Å². The number of aryl methyl sites for hydroxylation is 1. The highest BCUT2D eigenvalue weighted by Crippen LogP contribution is 2.22. The standard InChI is InChI=1S/C18H14F3N3O3/c1-26-11-4-2-10(3-5-11)18-24-23-15(27-18)9-8-14(25)22-13-7-6-12(19)16(20)17(13)21/h2-7H,8-9H2,1H3,(H,22,25). The van der Waals surface area contributed by atoms with Crippen molar-refractivity contribution in [2.24, 2.45) is 0 Å². The van der Waals surface area contributed by atoms with Crippen LogP contribution in [0.4, 0.5) is 18.9 Å². The Morgan fingerprint density at radius 2 is 1.81 bits per heavy atom. The van der Waals surface area contributed by atoms with Crippen LogP contribution in [0, 0.1) is 17.5 Å². The molecule has 0 bridgehead atoms. The quantitative estimate of drug-likeness (QED) is 0.663. The molecule has 0 radical (unpaired) electrons. The number of carbonyl (C=O) groups excluding carboxylic acids is 1. The third-order valence-electron chi connectivity index (χ3n) is 3.68. The summed E-state index contributed by atoms with van der Waals surface area (Å²) in [5.41, 5.74) is 0.242. The Bertz CT molecular complexity index is 958. The molecule has 0 aliphatic rings. The van der Waals surface area contributed by atoms with E-state index in [4.69, 9.17) is 9.15 Å². The number of hydrogen-bond donors (Lipinski definition) is 1. The lowest BCUT2D eigenvalue weighted by Crippen LogP contribution is -2.14. The second-order valence-electron chi connectivity index (χ2n) is 5.50. The monoisotopic (exact) mass is 377 g/mol. The van der Waals surface area contributed by atoms with Gasteiger partial charge in [-0.05, 0) is 36.4 Å². The van der Waals surface area contributed by atoms with Gasteiger partial charge in [0.05, 0.1) is 12.8 Å². The Hall–Kier alpha value is -3.36. The number of nitrogens with one attached hydrogen (secondary N) is 1. The fourth-order valence-corrected chi connectivity index (χ4v) is 2.26. The summed E-state index contributed by atoms with van der Waals surface area (Å²) in [5, 5.41) is 9.92. The van der Waals surface area contributed by atoms with Gasteiger partial charge >= 0.3 is 0 Å². The molecule has 6 nitrogen and oxygen atoms in total. The molecule has 1 N–H and O–H groups in total. The molecule has 0 unspecified atom stereocenters. The van der Waals surface area contributed by atoms with Gasteiger partial charge in [0, 0.05) is 18.4 Å². The molecule has 1 heterocycles. The van der Waals surface area contributed by atoms with Crippen molar-refractivity contribution >= 4 is 11.6 Å². The van der Waals surface area contributed by atoms with E-state index >= 15 is 0 Å². The topological polar surface area (TPSA) is 77.2 Å². The van der Waals surface area contributed by atoms with Gasteiger partial charge in [0.1, 0.15) is 5.75 Å². The molecule has 0 atom stereocenters. The van der Waals surface area contributed by atoms with E-state index in [2.05, 4.69) is 15.5 Å². The fourth-order valence-electron chi connectivity index (χ4n) is 2.26. The molecule has 9 heteroatoms. The van der Waals surface area contributed by atoms with Gasteiger partial charge in [0.25, 0.3) is 0 Å². The molecule has 0 fully saturated rings. The first kappa shape index (κ1) is 18.4. The first-order valence-electron chi connectivity index (χ1n) is 7.88. The Labute approximate surface area is 152 Å². The second kappa shape index (κ2) is 7.90. The zero-order valence-electron chi connectivity index (χ0n) is 14.1. The number of amides is 1. The first-order chi connectivity index (χ1) is 13.0. The lowest BCUT2D eigenvalue weighted by atomic mass is 10.2. The van der Waals surface area contributed by atoms with Crippen LogP contribution in [0.3, 0.4) is 0 Å². The molecule has 1 aromatic heterocycles. The molecule has 0 aliphatic carbocycles. The maximum Gasteiger partial charge on any atom is 0.247 e. The van der Waals surface area contributed by atoms with Gasteiger partial charge < -0.3 is 14.5 Å². The number of aromatic nitrogens is 2. The molecule has 140 valence electrons. The third kappa shape index (κ3) is 4.25. The zero-order chi connectivity index (χ0) is 19.4. The molecule has 3 aromatic rings. The molecule has 27 heavy (non-hydrogen) atoms. The smallest absolute Gasteiger partial charge is 0.247 e. The van der Waals surface area contributed by atoms with Crippen LogP contribution < -0.4 is 10.1 Å². The van der Waals surface area contributed by atoms with Crippen LogP contribution in [0.1, 0.15) is 12.3 Å². The SMILES string of the molecule is COc1ccc(-c2nnc(CCC(=O)Nc3ccc(F)c(F)c3F)o2)cc1. The van der Waals surface area contributed by atoms with E-state index in [1.54, 1.807) is 31.4 Å². The molecule has 3 rings (SSSR count). The van der Waals surface area contributed by atoms with Crippen molar-refractivity contribution in [2.45, 2.75) is 12.8 Å². The average Bonchev–Trinajstić information content (AvgIpc) is 3.16. The highest BCUT2D eigenvalue weighted by Gasteiger charge is 2.16. The van der Waals surface area contributed by atoms with Gasteiger partial charge in [0.15, 0.2) is 17.5 Å². The molecule has 0 saturated carbocycles. The van der Waals surface area contributed by atoms with E-state index in [0.29, 0.717) is 11.3 Å². The summed E-state index contributed by atoms with van der Waals surface area (Å²) in [6.45, 7) is 0. The number of rotatable bonds is 6. The van der Waals surface area contributed by atoms with Gasteiger partial charge in [-0.15, -0.1) is 10.2 Å². The van der Waals surface area contributed by atoms with Crippen LogP contribution in [-0.2, 0) is 11.2 Å². The lowest BCUT2D eigenvalue weighted by molar-refractivity contribution is -0.116. The summed E-state index contributed by atoms with van der Waals surface area (Å²) in [5.74, 6) is -3.87. The number of ether oxygens (including phenoxy) is 1. The summed E-state index contributed by atoms with van der Waals surface area (Å²) in [6.07, 6.45) is -0.0109. The minimum absolute atomic E-state index is 0.0975. The Morgan fingerprint density at radius 1 is 1.07 bits per heavy atom. The maximum atomic E-state index is 13.6. The molecular formula is C18H14F3N3O3. The molecule has 0 aliphatic heterocycles. The Balaban J connectivity index is 1.59. The number of methoxy groups -OCH3 is 1. The van der Waals surface area contributed by atoms with Gasteiger partial charge in [-0.1, -0.05) is 0 Å². The fraction of sp³-hybridized carbons (Fsp3) is 0.167. The highest BCUT2D eigenvalue weighted by molar-refractivity contribution is 5.90. The summed E-state index contributed by atoms with van der Waals surface area (Å²) in [6, 6.07) is 8.64. The molecule has 0 saturated heterocycles. The van der Waals surface area contributed by atoms with E-state index in [-0.39, 0.29) is 24.6 Å². The normalized spacial score (nSPS) is 10.7. The van der Waals surface area contributed by atoms with E-state index in [0.717, 1.165) is 12.1 Å². The van der Waals surface area contributed by atoms with E-state index in [1.807, 2.05) is 0 Å². The molecule has 0 spiro atoms. The minimum atomic E-state index is -1.64. The summed E-state index contributed by atoms with van der Waals surface area (Å²) in [7, 11) is 1.55. The molecule has 2 aromatic carbocycles.